The number of ether oxygens (including phenoxy) is 1. The van der Waals surface area contributed by atoms with Gasteiger partial charge in [-0.05, 0) is 25.1 Å². The predicted molar refractivity (Wildman–Crippen MR) is 104 cm³/mol. The molecule has 7 nitrogen and oxygen atoms in total. The number of amides is 1. The number of benzene rings is 1. The zero-order valence-electron chi connectivity index (χ0n) is 14.4. The molecule has 0 aliphatic carbocycles. The topological polar surface area (TPSA) is 93.4 Å². The van der Waals surface area contributed by atoms with Crippen LogP contribution >= 0.6 is 12.2 Å². The quantitative estimate of drug-likeness (QED) is 0.749. The van der Waals surface area contributed by atoms with E-state index in [9.17, 15) is 13.4 Å². The van der Waals surface area contributed by atoms with Crippen molar-refractivity contribution in [2.75, 3.05) is 47.5 Å². The van der Waals surface area contributed by atoms with E-state index in [1.165, 1.54) is 11.0 Å². The van der Waals surface area contributed by atoms with Gasteiger partial charge < -0.3 is 20.4 Å². The summed E-state index contributed by atoms with van der Waals surface area (Å²) in [5.74, 6) is 0.704. The number of thiocarbonyl (C=S) groups is 1. The van der Waals surface area contributed by atoms with Crippen LogP contribution in [0, 0.1) is 5.82 Å². The van der Waals surface area contributed by atoms with E-state index in [1.54, 1.807) is 19.1 Å². The summed E-state index contributed by atoms with van der Waals surface area (Å²) < 4.78 is 31.2. The standard InChI is InChI=1S/C16H20FN3O3S2.H2O/c1-11(24)18-9-13-10-20(16(21)23-13)12-2-3-15(14(17)8-12)19-4-6-25(22)7-5-19;/h2-3,8,13H,4-7,9-10H2,1H3,(H,18,24);1H2. The number of hydrogen-bond donors (Lipinski definition) is 1. The molecule has 1 amide bonds. The fraction of sp³-hybridized carbons (Fsp3) is 0.500. The van der Waals surface area contributed by atoms with Crippen LogP contribution in [0.4, 0.5) is 20.6 Å². The highest BCUT2D eigenvalue weighted by Gasteiger charge is 2.32. The van der Waals surface area contributed by atoms with E-state index in [0.29, 0.717) is 54.0 Å². The first kappa shape index (κ1) is 20.5. The van der Waals surface area contributed by atoms with E-state index < -0.39 is 22.7 Å². The van der Waals surface area contributed by atoms with Gasteiger partial charge in [-0.15, -0.1) is 0 Å². The van der Waals surface area contributed by atoms with Crippen LogP contribution in [0.25, 0.3) is 0 Å². The number of hydrogen-bond acceptors (Lipinski definition) is 5. The van der Waals surface area contributed by atoms with Gasteiger partial charge in [-0.25, -0.2) is 9.18 Å². The van der Waals surface area contributed by atoms with Crippen LogP contribution in [0.1, 0.15) is 6.92 Å². The van der Waals surface area contributed by atoms with Crippen LogP contribution in [0.15, 0.2) is 18.2 Å². The number of halogens is 1. The first-order valence-electron chi connectivity index (χ1n) is 8.06. The number of carbonyl (C=O) groups is 1. The maximum absolute atomic E-state index is 14.5. The molecule has 10 heteroatoms. The third kappa shape index (κ3) is 4.68. The second kappa shape index (κ2) is 8.74. The lowest BCUT2D eigenvalue weighted by Crippen LogP contribution is -2.38. The summed E-state index contributed by atoms with van der Waals surface area (Å²) in [6.07, 6.45) is -0.820. The summed E-state index contributed by atoms with van der Waals surface area (Å²) >= 11 is 4.94. The van der Waals surface area contributed by atoms with Crippen molar-refractivity contribution in [1.29, 1.82) is 0 Å². The Bertz CT molecular complexity index is 709. The minimum absolute atomic E-state index is 0. The Hall–Kier alpha value is -1.78. The van der Waals surface area contributed by atoms with E-state index in [-0.39, 0.29) is 11.6 Å². The van der Waals surface area contributed by atoms with Gasteiger partial charge in [0.1, 0.15) is 11.9 Å². The van der Waals surface area contributed by atoms with Crippen molar-refractivity contribution in [3.8, 4) is 0 Å². The Balaban J connectivity index is 0.00000243. The van der Waals surface area contributed by atoms with Crippen molar-refractivity contribution < 1.29 is 23.6 Å². The minimum Gasteiger partial charge on any atom is -0.442 e. The lowest BCUT2D eigenvalue weighted by Gasteiger charge is -2.29. The highest BCUT2D eigenvalue weighted by Crippen LogP contribution is 2.28. The van der Waals surface area contributed by atoms with Gasteiger partial charge in [0.15, 0.2) is 0 Å². The number of nitrogens with one attached hydrogen (secondary N) is 1. The Kier molecular flexibility index (Phi) is 6.90. The molecular formula is C16H22FN3O4S2. The summed E-state index contributed by atoms with van der Waals surface area (Å²) in [6.45, 7) is 3.67. The van der Waals surface area contributed by atoms with E-state index >= 15 is 0 Å². The molecule has 0 radical (unpaired) electrons. The lowest BCUT2D eigenvalue weighted by molar-refractivity contribution is 0.143. The average molecular weight is 404 g/mol. The normalized spacial score (nSPS) is 20.5. The van der Waals surface area contributed by atoms with Crippen molar-refractivity contribution in [3.05, 3.63) is 24.0 Å². The third-order valence-electron chi connectivity index (χ3n) is 4.21. The summed E-state index contributed by atoms with van der Waals surface area (Å²) in [5, 5.41) is 2.97. The Morgan fingerprint density at radius 3 is 2.73 bits per heavy atom. The Morgan fingerprint density at radius 2 is 2.12 bits per heavy atom. The maximum Gasteiger partial charge on any atom is 0.414 e. The second-order valence-electron chi connectivity index (χ2n) is 6.02. The van der Waals surface area contributed by atoms with Crippen molar-refractivity contribution in [3.63, 3.8) is 0 Å². The van der Waals surface area contributed by atoms with E-state index in [4.69, 9.17) is 17.0 Å². The molecule has 26 heavy (non-hydrogen) atoms. The molecule has 2 saturated heterocycles. The van der Waals surface area contributed by atoms with E-state index in [2.05, 4.69) is 5.32 Å². The molecule has 2 aliphatic heterocycles. The number of cyclic esters (lactones) is 1. The SMILES string of the molecule is CC(=S)NCC1CN(c2ccc(N3CCS(=O)CC3)c(F)c2)C(=O)O1.O. The molecule has 2 fully saturated rings. The molecule has 0 saturated carbocycles. The first-order chi connectivity index (χ1) is 11.9. The number of rotatable bonds is 4. The molecule has 2 heterocycles. The molecule has 144 valence electrons. The van der Waals surface area contributed by atoms with Gasteiger partial charge in [-0.2, -0.15) is 0 Å². The Morgan fingerprint density at radius 1 is 1.42 bits per heavy atom. The number of carbonyl (C=O) groups excluding carboxylic acids is 1. The van der Waals surface area contributed by atoms with Gasteiger partial charge in [0, 0.05) is 35.4 Å². The van der Waals surface area contributed by atoms with Crippen LogP contribution in [-0.4, -0.2) is 64.6 Å². The summed E-state index contributed by atoms with van der Waals surface area (Å²) in [4.78, 5) is 16.0. The van der Waals surface area contributed by atoms with Gasteiger partial charge in [0.25, 0.3) is 0 Å². The summed E-state index contributed by atoms with van der Waals surface area (Å²) in [7, 11) is -0.811. The fourth-order valence-corrected chi connectivity index (χ4v) is 4.03. The van der Waals surface area contributed by atoms with Crippen molar-refractivity contribution in [2.24, 2.45) is 0 Å². The van der Waals surface area contributed by atoms with E-state index in [0.717, 1.165) is 0 Å². The minimum atomic E-state index is -0.811. The van der Waals surface area contributed by atoms with Crippen LogP contribution in [0.2, 0.25) is 0 Å². The first-order valence-corrected chi connectivity index (χ1v) is 9.95. The molecule has 2 aliphatic rings. The second-order valence-corrected chi connectivity index (χ2v) is 8.33. The smallest absolute Gasteiger partial charge is 0.414 e. The lowest BCUT2D eigenvalue weighted by atomic mass is 10.2. The molecule has 3 N–H and O–H groups in total. The zero-order chi connectivity index (χ0) is 18.0. The zero-order valence-corrected chi connectivity index (χ0v) is 16.0. The Labute approximate surface area is 159 Å². The molecule has 1 unspecified atom stereocenters. The highest BCUT2D eigenvalue weighted by molar-refractivity contribution is 7.85. The average Bonchev–Trinajstić information content (AvgIpc) is 2.95. The molecule has 0 spiro atoms. The monoisotopic (exact) mass is 403 g/mol. The predicted octanol–water partition coefficient (Wildman–Crippen LogP) is 0.832. The molecule has 1 aromatic rings. The van der Waals surface area contributed by atoms with Crippen LogP contribution in [0.5, 0.6) is 0 Å². The van der Waals surface area contributed by atoms with Gasteiger partial charge >= 0.3 is 6.09 Å². The molecule has 3 rings (SSSR count). The molecule has 0 aromatic heterocycles. The highest BCUT2D eigenvalue weighted by atomic mass is 32.2. The van der Waals surface area contributed by atoms with Gasteiger partial charge in [-0.1, -0.05) is 12.2 Å². The number of nitrogens with zero attached hydrogens (tertiary/aromatic N) is 2. The van der Waals surface area contributed by atoms with Crippen LogP contribution in [-0.2, 0) is 15.5 Å². The molecule has 1 aromatic carbocycles. The van der Waals surface area contributed by atoms with Gasteiger partial charge in [-0.3, -0.25) is 9.11 Å². The maximum atomic E-state index is 14.5. The van der Waals surface area contributed by atoms with E-state index in [1.807, 2.05) is 4.90 Å². The van der Waals surface area contributed by atoms with Gasteiger partial charge in [0.2, 0.25) is 0 Å². The third-order valence-corrected chi connectivity index (χ3v) is 5.63. The van der Waals surface area contributed by atoms with Crippen molar-refractivity contribution in [2.45, 2.75) is 13.0 Å². The molecular weight excluding hydrogens is 381 g/mol. The summed E-state index contributed by atoms with van der Waals surface area (Å²) in [5.41, 5.74) is 0.941. The van der Waals surface area contributed by atoms with Crippen molar-refractivity contribution >= 4 is 45.5 Å². The van der Waals surface area contributed by atoms with Crippen LogP contribution < -0.4 is 15.1 Å². The fourth-order valence-electron chi connectivity index (χ4n) is 2.90. The summed E-state index contributed by atoms with van der Waals surface area (Å²) in [6, 6.07) is 4.73. The molecule has 1 atom stereocenters. The largest absolute Gasteiger partial charge is 0.442 e. The van der Waals surface area contributed by atoms with Crippen LogP contribution in [0.3, 0.4) is 0 Å². The van der Waals surface area contributed by atoms with Gasteiger partial charge in [0.05, 0.1) is 29.5 Å². The molecule has 0 bridgehead atoms. The number of anilines is 2. The van der Waals surface area contributed by atoms with Crippen molar-refractivity contribution in [1.82, 2.24) is 5.32 Å².